The number of halogens is 2. The number of nitrogens with zero attached hydrogens (tertiary/aromatic N) is 2. The fraction of sp³-hybridized carbons (Fsp3) is 0.231. The third-order valence-corrected chi connectivity index (χ3v) is 3.12. The SMILES string of the molecule is CC(N)Cc1cnc(-c2cc(F)ccc2Br)nc1. The van der Waals surface area contributed by atoms with E-state index in [2.05, 4.69) is 25.9 Å². The van der Waals surface area contributed by atoms with Gasteiger partial charge >= 0.3 is 0 Å². The van der Waals surface area contributed by atoms with Gasteiger partial charge in [0.2, 0.25) is 0 Å². The molecular weight excluding hydrogens is 297 g/mol. The molecule has 0 bridgehead atoms. The van der Waals surface area contributed by atoms with Gasteiger partial charge in [0, 0.05) is 28.5 Å². The van der Waals surface area contributed by atoms with Crippen molar-refractivity contribution in [1.29, 1.82) is 0 Å². The number of rotatable bonds is 3. The predicted octanol–water partition coefficient (Wildman–Crippen LogP) is 2.93. The van der Waals surface area contributed by atoms with E-state index in [1.807, 2.05) is 6.92 Å². The van der Waals surface area contributed by atoms with Crippen LogP contribution in [0.3, 0.4) is 0 Å². The number of nitrogens with two attached hydrogens (primary N) is 1. The zero-order chi connectivity index (χ0) is 13.1. The van der Waals surface area contributed by atoms with Gasteiger partial charge in [0.1, 0.15) is 5.82 Å². The van der Waals surface area contributed by atoms with Crippen LogP contribution in [-0.2, 0) is 6.42 Å². The minimum Gasteiger partial charge on any atom is -0.328 e. The molecule has 1 unspecified atom stereocenters. The van der Waals surface area contributed by atoms with Crippen LogP contribution in [0.2, 0.25) is 0 Å². The quantitative estimate of drug-likeness (QED) is 0.948. The standard InChI is InChI=1S/C13H13BrFN3/c1-8(16)4-9-6-17-13(18-7-9)11-5-10(15)2-3-12(11)14/h2-3,5-8H,4,16H2,1H3. The lowest BCUT2D eigenvalue weighted by Gasteiger charge is -2.06. The summed E-state index contributed by atoms with van der Waals surface area (Å²) in [5.74, 6) is 0.186. The summed E-state index contributed by atoms with van der Waals surface area (Å²) in [7, 11) is 0. The second-order valence-electron chi connectivity index (χ2n) is 4.22. The fourth-order valence-corrected chi connectivity index (χ4v) is 2.06. The lowest BCUT2D eigenvalue weighted by Crippen LogP contribution is -2.18. The number of hydrogen-bond acceptors (Lipinski definition) is 3. The highest BCUT2D eigenvalue weighted by atomic mass is 79.9. The smallest absolute Gasteiger partial charge is 0.160 e. The molecule has 0 saturated heterocycles. The molecule has 0 amide bonds. The molecule has 0 aliphatic rings. The lowest BCUT2D eigenvalue weighted by molar-refractivity contribution is 0.628. The van der Waals surface area contributed by atoms with Crippen LogP contribution < -0.4 is 5.73 Å². The van der Waals surface area contributed by atoms with Crippen molar-refractivity contribution >= 4 is 15.9 Å². The summed E-state index contributed by atoms with van der Waals surface area (Å²) in [5.41, 5.74) is 7.32. The van der Waals surface area contributed by atoms with E-state index in [9.17, 15) is 4.39 Å². The van der Waals surface area contributed by atoms with Gasteiger partial charge in [-0.05, 0) is 37.1 Å². The first-order valence-electron chi connectivity index (χ1n) is 5.58. The molecule has 1 heterocycles. The van der Waals surface area contributed by atoms with Crippen LogP contribution in [0.5, 0.6) is 0 Å². The Morgan fingerprint density at radius 2 is 2.00 bits per heavy atom. The molecule has 0 fully saturated rings. The van der Waals surface area contributed by atoms with E-state index in [1.54, 1.807) is 18.5 Å². The Kier molecular flexibility index (Phi) is 4.04. The monoisotopic (exact) mass is 309 g/mol. The van der Waals surface area contributed by atoms with Crippen molar-refractivity contribution in [3.8, 4) is 11.4 Å². The topological polar surface area (TPSA) is 51.8 Å². The molecule has 0 aliphatic heterocycles. The molecule has 0 saturated carbocycles. The number of benzene rings is 1. The summed E-state index contributed by atoms with van der Waals surface area (Å²) >= 11 is 3.36. The zero-order valence-electron chi connectivity index (χ0n) is 9.90. The van der Waals surface area contributed by atoms with Gasteiger partial charge in [-0.1, -0.05) is 15.9 Å². The van der Waals surface area contributed by atoms with E-state index >= 15 is 0 Å². The van der Waals surface area contributed by atoms with Crippen molar-refractivity contribution < 1.29 is 4.39 Å². The van der Waals surface area contributed by atoms with Crippen LogP contribution in [0, 0.1) is 5.82 Å². The van der Waals surface area contributed by atoms with Crippen molar-refractivity contribution in [2.75, 3.05) is 0 Å². The van der Waals surface area contributed by atoms with Crippen molar-refractivity contribution in [2.24, 2.45) is 5.73 Å². The maximum Gasteiger partial charge on any atom is 0.160 e. The zero-order valence-corrected chi connectivity index (χ0v) is 11.5. The maximum atomic E-state index is 13.2. The van der Waals surface area contributed by atoms with Crippen LogP contribution >= 0.6 is 15.9 Å². The van der Waals surface area contributed by atoms with Gasteiger partial charge in [-0.25, -0.2) is 14.4 Å². The van der Waals surface area contributed by atoms with Gasteiger partial charge in [-0.15, -0.1) is 0 Å². The average Bonchev–Trinajstić information content (AvgIpc) is 2.33. The highest BCUT2D eigenvalue weighted by Crippen LogP contribution is 2.26. The second kappa shape index (κ2) is 5.54. The molecule has 2 N–H and O–H groups in total. The van der Waals surface area contributed by atoms with Crippen molar-refractivity contribution in [2.45, 2.75) is 19.4 Å². The summed E-state index contributed by atoms with van der Waals surface area (Å²) in [5, 5.41) is 0. The fourth-order valence-electron chi connectivity index (χ4n) is 1.64. The van der Waals surface area contributed by atoms with Crippen LogP contribution in [0.15, 0.2) is 35.1 Å². The molecule has 0 aliphatic carbocycles. The van der Waals surface area contributed by atoms with Crippen LogP contribution in [0.25, 0.3) is 11.4 Å². The van der Waals surface area contributed by atoms with E-state index < -0.39 is 0 Å². The van der Waals surface area contributed by atoms with Gasteiger partial charge < -0.3 is 5.73 Å². The Labute approximate surface area is 113 Å². The van der Waals surface area contributed by atoms with Crippen LogP contribution in [0.1, 0.15) is 12.5 Å². The summed E-state index contributed by atoms with van der Waals surface area (Å²) in [6.07, 6.45) is 4.18. The Bertz CT molecular complexity index is 540. The Morgan fingerprint density at radius 1 is 1.33 bits per heavy atom. The molecule has 94 valence electrons. The maximum absolute atomic E-state index is 13.2. The van der Waals surface area contributed by atoms with Crippen LogP contribution in [0.4, 0.5) is 4.39 Å². The molecular formula is C13H13BrFN3. The minimum absolute atomic E-state index is 0.0698. The van der Waals surface area contributed by atoms with Gasteiger partial charge in [-0.3, -0.25) is 0 Å². The first-order chi connectivity index (χ1) is 8.56. The van der Waals surface area contributed by atoms with Gasteiger partial charge in [0.25, 0.3) is 0 Å². The van der Waals surface area contributed by atoms with Gasteiger partial charge in [0.15, 0.2) is 5.82 Å². The number of hydrogen-bond donors (Lipinski definition) is 1. The molecule has 5 heteroatoms. The van der Waals surface area contributed by atoms with Crippen LogP contribution in [-0.4, -0.2) is 16.0 Å². The second-order valence-corrected chi connectivity index (χ2v) is 5.07. The van der Waals surface area contributed by atoms with Crippen molar-refractivity contribution in [3.05, 3.63) is 46.4 Å². The highest BCUT2D eigenvalue weighted by Gasteiger charge is 2.08. The van der Waals surface area contributed by atoms with Gasteiger partial charge in [-0.2, -0.15) is 0 Å². The van der Waals surface area contributed by atoms with Crippen molar-refractivity contribution in [3.63, 3.8) is 0 Å². The lowest BCUT2D eigenvalue weighted by atomic mass is 10.1. The Morgan fingerprint density at radius 3 is 2.61 bits per heavy atom. The predicted molar refractivity (Wildman–Crippen MR) is 72.5 cm³/mol. The molecule has 2 aromatic rings. The molecule has 1 aromatic heterocycles. The summed E-state index contributed by atoms with van der Waals surface area (Å²) in [4.78, 5) is 8.48. The molecule has 18 heavy (non-hydrogen) atoms. The largest absolute Gasteiger partial charge is 0.328 e. The van der Waals surface area contributed by atoms with E-state index in [-0.39, 0.29) is 11.9 Å². The molecule has 0 spiro atoms. The van der Waals surface area contributed by atoms with E-state index in [1.165, 1.54) is 12.1 Å². The van der Waals surface area contributed by atoms with E-state index in [4.69, 9.17) is 5.73 Å². The average molecular weight is 310 g/mol. The Balaban J connectivity index is 2.31. The molecule has 1 aromatic carbocycles. The minimum atomic E-state index is -0.309. The number of aromatic nitrogens is 2. The van der Waals surface area contributed by atoms with E-state index in [0.717, 1.165) is 16.5 Å². The summed E-state index contributed by atoms with van der Waals surface area (Å²) < 4.78 is 14.0. The third-order valence-electron chi connectivity index (χ3n) is 2.43. The summed E-state index contributed by atoms with van der Waals surface area (Å²) in [6.45, 7) is 1.93. The molecule has 1 atom stereocenters. The summed E-state index contributed by atoms with van der Waals surface area (Å²) in [6, 6.07) is 4.51. The Hall–Kier alpha value is -1.33. The first-order valence-corrected chi connectivity index (χ1v) is 6.37. The molecule has 2 rings (SSSR count). The third kappa shape index (κ3) is 3.11. The highest BCUT2D eigenvalue weighted by molar-refractivity contribution is 9.10. The normalized spacial score (nSPS) is 12.4. The first kappa shape index (κ1) is 13.1. The van der Waals surface area contributed by atoms with Crippen molar-refractivity contribution in [1.82, 2.24) is 9.97 Å². The molecule has 3 nitrogen and oxygen atoms in total. The molecule has 0 radical (unpaired) electrons. The van der Waals surface area contributed by atoms with E-state index in [0.29, 0.717) is 11.4 Å². The van der Waals surface area contributed by atoms with Gasteiger partial charge in [0.05, 0.1) is 0 Å².